The highest BCUT2D eigenvalue weighted by atomic mass is 16.7. The largest absolute Gasteiger partial charge is 0.507 e. The number of carbonyl (C=O) groups is 3. The molecule has 6 atom stereocenters. The summed E-state index contributed by atoms with van der Waals surface area (Å²) < 4.78 is 17.6. The summed E-state index contributed by atoms with van der Waals surface area (Å²) in [5.41, 5.74) is -3.60. The topological polar surface area (TPSA) is 196 Å². The Balaban J connectivity index is 1.57. The van der Waals surface area contributed by atoms with Crippen LogP contribution in [0.25, 0.3) is 0 Å². The zero-order valence-corrected chi connectivity index (χ0v) is 26.9. The van der Waals surface area contributed by atoms with Gasteiger partial charge in [0.25, 0.3) is 0 Å². The van der Waals surface area contributed by atoms with Crippen LogP contribution >= 0.6 is 0 Å². The van der Waals surface area contributed by atoms with E-state index in [1.165, 1.54) is 25.3 Å². The average molecular weight is 655 g/mol. The molecule has 5 N–H and O–H groups in total. The van der Waals surface area contributed by atoms with Crippen molar-refractivity contribution in [2.24, 2.45) is 4.99 Å². The number of ketones is 3. The number of aliphatic hydroxyl groups excluding tert-OH is 2. The second kappa shape index (κ2) is 13.7. The van der Waals surface area contributed by atoms with Crippen LogP contribution in [0.1, 0.15) is 95.5 Å². The number of hydrogen-bond acceptors (Lipinski definition) is 12. The maximum absolute atomic E-state index is 13.9. The van der Waals surface area contributed by atoms with E-state index in [-0.39, 0.29) is 34.4 Å². The van der Waals surface area contributed by atoms with E-state index in [0.29, 0.717) is 0 Å². The van der Waals surface area contributed by atoms with Crippen LogP contribution in [0.2, 0.25) is 0 Å². The van der Waals surface area contributed by atoms with Crippen molar-refractivity contribution in [3.63, 3.8) is 0 Å². The summed E-state index contributed by atoms with van der Waals surface area (Å²) in [5, 5.41) is 55.3. The average Bonchev–Trinajstić information content (AvgIpc) is 3.05. The molecule has 13 heteroatoms. The number of methoxy groups -OCH3 is 1. The van der Waals surface area contributed by atoms with Crippen LogP contribution in [0.5, 0.6) is 17.2 Å². The fraction of sp³-hybridized carbons (Fsp3) is 0.529. The number of fused-ring (bicyclic) bond motifs is 3. The third-order valence-corrected chi connectivity index (χ3v) is 9.17. The van der Waals surface area contributed by atoms with E-state index in [1.807, 2.05) is 0 Å². The van der Waals surface area contributed by atoms with Gasteiger partial charge in [0.2, 0.25) is 5.78 Å². The number of aliphatic imine (C=N–C) groups is 1. The number of rotatable bonds is 11. The Bertz CT molecular complexity index is 1580. The van der Waals surface area contributed by atoms with Crippen molar-refractivity contribution in [2.75, 3.05) is 26.8 Å². The molecular weight excluding hydrogens is 612 g/mol. The molecular formula is C34H42N2O11. The van der Waals surface area contributed by atoms with Gasteiger partial charge in [-0.2, -0.15) is 0 Å². The first-order valence-corrected chi connectivity index (χ1v) is 15.9. The van der Waals surface area contributed by atoms with Gasteiger partial charge in [0.1, 0.15) is 35.6 Å². The molecule has 3 aliphatic rings. The second-order valence-corrected chi connectivity index (χ2v) is 12.4. The third kappa shape index (κ3) is 6.14. The summed E-state index contributed by atoms with van der Waals surface area (Å²) in [6.45, 7) is 6.31. The minimum Gasteiger partial charge on any atom is -0.507 e. The van der Waals surface area contributed by atoms with Crippen molar-refractivity contribution < 1.29 is 54.1 Å². The van der Waals surface area contributed by atoms with E-state index in [9.17, 15) is 39.9 Å². The highest BCUT2D eigenvalue weighted by Gasteiger charge is 2.50. The molecule has 1 fully saturated rings. The zero-order chi connectivity index (χ0) is 34.2. The van der Waals surface area contributed by atoms with Gasteiger partial charge >= 0.3 is 0 Å². The number of benzene rings is 2. The van der Waals surface area contributed by atoms with Crippen LogP contribution in [0.15, 0.2) is 23.2 Å². The van der Waals surface area contributed by atoms with Crippen molar-refractivity contribution in [2.45, 2.75) is 89.1 Å². The number of ether oxygens (including phenoxy) is 3. The summed E-state index contributed by atoms with van der Waals surface area (Å²) in [6, 6.07) is 3.76. The number of phenolic OH excluding ortho intramolecular Hbond substituents is 2. The Morgan fingerprint density at radius 2 is 1.79 bits per heavy atom. The molecule has 2 aliphatic carbocycles. The zero-order valence-electron chi connectivity index (χ0n) is 26.9. The van der Waals surface area contributed by atoms with E-state index in [1.54, 1.807) is 13.3 Å². The molecule has 2 aromatic carbocycles. The Morgan fingerprint density at radius 3 is 2.43 bits per heavy atom. The van der Waals surface area contributed by atoms with Gasteiger partial charge in [-0.1, -0.05) is 26.0 Å². The van der Waals surface area contributed by atoms with Gasteiger partial charge in [0.05, 0.1) is 48.4 Å². The molecule has 0 aromatic heterocycles. The Labute approximate surface area is 272 Å². The highest BCUT2D eigenvalue weighted by Crippen LogP contribution is 2.52. The standard InChI is InChI=1S/C34H42N2O11/c1-5-10-36(11-6-2)16-35-20-12-24(46-17(3)29(20)39)47-22-14-34(44,23(38)15-37)13-19-26(22)33(43)28-27(31(19)41)30(40)18-8-7-9-21(45-4)25(18)32(28)42/h7-9,16-17,20,22,24,29,37,39,41,43-44H,5-6,10-15H2,1-4H3/t17?,20-,22-,24?,29-,34?/m0/s1. The fourth-order valence-corrected chi connectivity index (χ4v) is 6.82. The van der Waals surface area contributed by atoms with E-state index < -0.39 is 95.7 Å². The fourth-order valence-electron chi connectivity index (χ4n) is 6.82. The van der Waals surface area contributed by atoms with Gasteiger partial charge in [0, 0.05) is 49.0 Å². The van der Waals surface area contributed by atoms with Crippen LogP contribution < -0.4 is 4.74 Å². The van der Waals surface area contributed by atoms with Crippen molar-refractivity contribution in [3.05, 3.63) is 51.6 Å². The maximum atomic E-state index is 13.9. The SMILES string of the molecule is CCCN(C=N[C@H]1CC(O[C@H]2CC(O)(C(=O)CO)Cc3c(O)c4c(c(O)c32)C(=O)c2c(OC)cccc2C4=O)OC(C)[C@@H]1O)CCC. The predicted molar refractivity (Wildman–Crippen MR) is 168 cm³/mol. The predicted octanol–water partition coefficient (Wildman–Crippen LogP) is 2.19. The third-order valence-electron chi connectivity index (χ3n) is 9.17. The van der Waals surface area contributed by atoms with Crippen LogP contribution in [-0.4, -0.2) is 111 Å². The Kier molecular flexibility index (Phi) is 10.0. The Hall–Kier alpha value is -3.88. The maximum Gasteiger partial charge on any atom is 0.202 e. The summed E-state index contributed by atoms with van der Waals surface area (Å²) in [5.74, 6) is -3.74. The van der Waals surface area contributed by atoms with Gasteiger partial charge in [-0.05, 0) is 25.8 Å². The summed E-state index contributed by atoms with van der Waals surface area (Å²) in [4.78, 5) is 47.1. The molecule has 3 unspecified atom stereocenters. The minimum atomic E-state index is -2.26. The highest BCUT2D eigenvalue weighted by molar-refractivity contribution is 6.31. The minimum absolute atomic E-state index is 0.0482. The molecule has 13 nitrogen and oxygen atoms in total. The van der Waals surface area contributed by atoms with Gasteiger partial charge in [-0.25, -0.2) is 0 Å². The van der Waals surface area contributed by atoms with E-state index in [4.69, 9.17) is 14.2 Å². The van der Waals surface area contributed by atoms with Crippen molar-refractivity contribution in [3.8, 4) is 17.2 Å². The lowest BCUT2D eigenvalue weighted by atomic mass is 9.72. The molecule has 0 bridgehead atoms. The van der Waals surface area contributed by atoms with Crippen molar-refractivity contribution in [1.82, 2.24) is 4.90 Å². The monoisotopic (exact) mass is 654 g/mol. The summed E-state index contributed by atoms with van der Waals surface area (Å²) >= 11 is 0. The van der Waals surface area contributed by atoms with Crippen molar-refractivity contribution >= 4 is 23.7 Å². The Morgan fingerprint density at radius 1 is 1.11 bits per heavy atom. The molecule has 1 heterocycles. The molecule has 47 heavy (non-hydrogen) atoms. The number of Topliss-reactive ketones (excluding diaryl/α,β-unsaturated/α-hetero) is 1. The lowest BCUT2D eigenvalue weighted by Crippen LogP contribution is -2.50. The van der Waals surface area contributed by atoms with Crippen LogP contribution in [0.4, 0.5) is 0 Å². The molecule has 0 radical (unpaired) electrons. The molecule has 0 saturated carbocycles. The molecule has 5 rings (SSSR count). The van der Waals surface area contributed by atoms with Crippen LogP contribution in [0, 0.1) is 0 Å². The molecule has 1 aliphatic heterocycles. The quantitative estimate of drug-likeness (QED) is 0.115. The van der Waals surface area contributed by atoms with Crippen LogP contribution in [0.3, 0.4) is 0 Å². The number of aromatic hydroxyl groups is 2. The molecule has 0 amide bonds. The number of carbonyl (C=O) groups excluding carboxylic acids is 3. The molecule has 2 aromatic rings. The molecule has 1 saturated heterocycles. The van der Waals surface area contributed by atoms with Gasteiger partial charge in [0.15, 0.2) is 17.9 Å². The first kappa shape index (κ1) is 34.5. The number of nitrogens with zero attached hydrogens (tertiary/aromatic N) is 2. The molecule has 254 valence electrons. The van der Waals surface area contributed by atoms with Gasteiger partial charge in [-0.15, -0.1) is 0 Å². The number of aliphatic hydroxyl groups is 3. The van der Waals surface area contributed by atoms with Crippen molar-refractivity contribution in [1.29, 1.82) is 0 Å². The van der Waals surface area contributed by atoms with E-state index >= 15 is 0 Å². The number of phenols is 2. The lowest BCUT2D eigenvalue weighted by molar-refractivity contribution is -0.247. The summed E-state index contributed by atoms with van der Waals surface area (Å²) in [7, 11) is 1.33. The van der Waals surface area contributed by atoms with E-state index in [2.05, 4.69) is 23.7 Å². The van der Waals surface area contributed by atoms with Crippen LogP contribution in [-0.2, 0) is 20.7 Å². The molecule has 0 spiro atoms. The summed E-state index contributed by atoms with van der Waals surface area (Å²) in [6.07, 6.45) is -1.59. The normalized spacial score (nSPS) is 26.9. The van der Waals surface area contributed by atoms with Gasteiger partial charge < -0.3 is 44.6 Å². The smallest absolute Gasteiger partial charge is 0.202 e. The van der Waals surface area contributed by atoms with E-state index in [0.717, 1.165) is 25.9 Å². The first-order chi connectivity index (χ1) is 22.4. The van der Waals surface area contributed by atoms with Gasteiger partial charge in [-0.3, -0.25) is 19.4 Å². The number of hydrogen-bond donors (Lipinski definition) is 5. The lowest BCUT2D eigenvalue weighted by Gasteiger charge is -2.42. The second-order valence-electron chi connectivity index (χ2n) is 12.4. The first-order valence-electron chi connectivity index (χ1n) is 15.9.